The lowest BCUT2D eigenvalue weighted by atomic mass is 9.75. The number of carbonyl (C=O) groups is 1. The van der Waals surface area contributed by atoms with Gasteiger partial charge in [-0.2, -0.15) is 0 Å². The number of carbonyl (C=O) groups excluding carboxylic acids is 1. The van der Waals surface area contributed by atoms with E-state index >= 15 is 0 Å². The zero-order valence-corrected chi connectivity index (χ0v) is 14.0. The first-order valence-corrected chi connectivity index (χ1v) is 7.92. The Morgan fingerprint density at radius 1 is 1.35 bits per heavy atom. The van der Waals surface area contributed by atoms with Crippen molar-refractivity contribution in [2.24, 2.45) is 5.41 Å². The molecule has 1 aromatic rings. The van der Waals surface area contributed by atoms with E-state index in [0.717, 1.165) is 17.3 Å². The minimum Gasteiger partial charge on any atom is -0.398 e. The molecule has 1 amide bonds. The maximum absolute atomic E-state index is 12.5. The lowest BCUT2D eigenvalue weighted by molar-refractivity contribution is 0.0635. The molecule has 0 radical (unpaired) electrons. The first-order chi connectivity index (χ1) is 9.30. The van der Waals surface area contributed by atoms with Gasteiger partial charge in [0.05, 0.1) is 0 Å². The number of benzene rings is 1. The fourth-order valence-electron chi connectivity index (χ4n) is 2.82. The van der Waals surface area contributed by atoms with Gasteiger partial charge in [0.1, 0.15) is 0 Å². The number of nitrogens with zero attached hydrogens (tertiary/aromatic N) is 1. The molecule has 0 bridgehead atoms. The molecular weight excluding hydrogens is 316 g/mol. The highest BCUT2D eigenvalue weighted by molar-refractivity contribution is 9.10. The summed E-state index contributed by atoms with van der Waals surface area (Å²) < 4.78 is 0.830. The van der Waals surface area contributed by atoms with Gasteiger partial charge in [-0.05, 0) is 65.2 Å². The molecule has 1 aromatic carbocycles. The van der Waals surface area contributed by atoms with Gasteiger partial charge >= 0.3 is 0 Å². The Morgan fingerprint density at radius 3 is 2.50 bits per heavy atom. The number of hydrogen-bond donors (Lipinski definition) is 1. The van der Waals surface area contributed by atoms with Crippen molar-refractivity contribution in [2.45, 2.75) is 45.6 Å². The standard InChI is InChI=1S/C16H23BrN2O/c1-16(2)8-6-12(7-9-16)19(3)15(20)11-4-5-13(17)14(18)10-11/h4-5,10,12H,6-9,18H2,1-3H3. The molecular formula is C16H23BrN2O. The van der Waals surface area contributed by atoms with Crippen LogP contribution in [0.3, 0.4) is 0 Å². The van der Waals surface area contributed by atoms with Crippen LogP contribution in [0.1, 0.15) is 49.9 Å². The number of halogens is 1. The van der Waals surface area contributed by atoms with Crippen LogP contribution >= 0.6 is 15.9 Å². The zero-order chi connectivity index (χ0) is 14.9. The molecule has 4 heteroatoms. The van der Waals surface area contributed by atoms with E-state index in [-0.39, 0.29) is 5.91 Å². The summed E-state index contributed by atoms with van der Waals surface area (Å²) in [6.07, 6.45) is 4.53. The summed E-state index contributed by atoms with van der Waals surface area (Å²) in [7, 11) is 1.91. The normalized spacial score (nSPS) is 18.8. The maximum atomic E-state index is 12.5. The highest BCUT2D eigenvalue weighted by atomic mass is 79.9. The monoisotopic (exact) mass is 338 g/mol. The van der Waals surface area contributed by atoms with Gasteiger partial charge in [-0.25, -0.2) is 0 Å². The van der Waals surface area contributed by atoms with Crippen molar-refractivity contribution in [3.8, 4) is 0 Å². The molecule has 3 nitrogen and oxygen atoms in total. The van der Waals surface area contributed by atoms with Gasteiger partial charge < -0.3 is 10.6 Å². The number of anilines is 1. The minimum atomic E-state index is 0.0638. The van der Waals surface area contributed by atoms with Crippen LogP contribution in [-0.4, -0.2) is 23.9 Å². The molecule has 20 heavy (non-hydrogen) atoms. The Bertz CT molecular complexity index is 503. The maximum Gasteiger partial charge on any atom is 0.253 e. The highest BCUT2D eigenvalue weighted by Gasteiger charge is 2.30. The van der Waals surface area contributed by atoms with Crippen LogP contribution in [0.4, 0.5) is 5.69 Å². The Hall–Kier alpha value is -1.03. The van der Waals surface area contributed by atoms with Crippen molar-refractivity contribution < 1.29 is 4.79 Å². The van der Waals surface area contributed by atoms with E-state index in [1.807, 2.05) is 24.1 Å². The van der Waals surface area contributed by atoms with Gasteiger partial charge in [0, 0.05) is 28.8 Å². The second-order valence-corrected chi connectivity index (χ2v) is 7.40. The molecule has 2 rings (SSSR count). The predicted octanol–water partition coefficient (Wildman–Crippen LogP) is 4.07. The van der Waals surface area contributed by atoms with Crippen LogP contribution in [0.2, 0.25) is 0 Å². The third-order valence-electron chi connectivity index (χ3n) is 4.42. The average Bonchev–Trinajstić information content (AvgIpc) is 2.40. The molecule has 0 heterocycles. The molecule has 110 valence electrons. The fraction of sp³-hybridized carbons (Fsp3) is 0.562. The van der Waals surface area contributed by atoms with E-state index in [4.69, 9.17) is 5.73 Å². The summed E-state index contributed by atoms with van der Waals surface area (Å²) in [6, 6.07) is 5.75. The van der Waals surface area contributed by atoms with Gasteiger partial charge in [0.15, 0.2) is 0 Å². The second-order valence-electron chi connectivity index (χ2n) is 6.55. The lowest BCUT2D eigenvalue weighted by Crippen LogP contribution is -2.40. The molecule has 1 fully saturated rings. The Balaban J connectivity index is 2.07. The van der Waals surface area contributed by atoms with Crippen LogP contribution in [0, 0.1) is 5.41 Å². The Kier molecular flexibility index (Phi) is 4.43. The number of nitrogen functional groups attached to an aromatic ring is 1. The van der Waals surface area contributed by atoms with Crippen molar-refractivity contribution in [2.75, 3.05) is 12.8 Å². The summed E-state index contributed by atoms with van der Waals surface area (Å²) in [4.78, 5) is 14.4. The van der Waals surface area contributed by atoms with Crippen LogP contribution in [0.25, 0.3) is 0 Å². The summed E-state index contributed by atoms with van der Waals surface area (Å²) in [5, 5.41) is 0. The first kappa shape index (κ1) is 15.4. The molecule has 1 saturated carbocycles. The van der Waals surface area contributed by atoms with Crippen molar-refractivity contribution in [3.63, 3.8) is 0 Å². The van der Waals surface area contributed by atoms with Gasteiger partial charge in [-0.3, -0.25) is 4.79 Å². The number of hydrogen-bond acceptors (Lipinski definition) is 2. The molecule has 0 unspecified atom stereocenters. The van der Waals surface area contributed by atoms with Crippen molar-refractivity contribution >= 4 is 27.5 Å². The molecule has 0 atom stereocenters. The SMILES string of the molecule is CN(C(=O)c1ccc(Br)c(N)c1)C1CCC(C)(C)CC1. The fourth-order valence-corrected chi connectivity index (χ4v) is 3.06. The van der Waals surface area contributed by atoms with E-state index < -0.39 is 0 Å². The summed E-state index contributed by atoms with van der Waals surface area (Å²) >= 11 is 3.35. The smallest absolute Gasteiger partial charge is 0.253 e. The highest BCUT2D eigenvalue weighted by Crippen LogP contribution is 2.37. The Morgan fingerprint density at radius 2 is 1.95 bits per heavy atom. The molecule has 0 aliphatic heterocycles. The Labute approximate surface area is 129 Å². The van der Waals surface area contributed by atoms with Gasteiger partial charge in [-0.15, -0.1) is 0 Å². The van der Waals surface area contributed by atoms with E-state index in [1.165, 1.54) is 12.8 Å². The van der Waals surface area contributed by atoms with Gasteiger partial charge in [0.25, 0.3) is 5.91 Å². The van der Waals surface area contributed by atoms with E-state index in [9.17, 15) is 4.79 Å². The third-order valence-corrected chi connectivity index (χ3v) is 5.14. The molecule has 2 N–H and O–H groups in total. The van der Waals surface area contributed by atoms with Crippen LogP contribution in [0.15, 0.2) is 22.7 Å². The molecule has 1 aliphatic rings. The van der Waals surface area contributed by atoms with E-state index in [0.29, 0.717) is 22.7 Å². The van der Waals surface area contributed by atoms with Gasteiger partial charge in [-0.1, -0.05) is 13.8 Å². The first-order valence-electron chi connectivity index (χ1n) is 7.12. The van der Waals surface area contributed by atoms with Crippen molar-refractivity contribution in [1.29, 1.82) is 0 Å². The van der Waals surface area contributed by atoms with E-state index in [1.54, 1.807) is 6.07 Å². The number of amides is 1. The van der Waals surface area contributed by atoms with Crippen molar-refractivity contribution in [3.05, 3.63) is 28.2 Å². The van der Waals surface area contributed by atoms with Crippen molar-refractivity contribution in [1.82, 2.24) is 4.90 Å². The van der Waals surface area contributed by atoms with E-state index in [2.05, 4.69) is 29.8 Å². The third kappa shape index (κ3) is 3.35. The summed E-state index contributed by atoms with van der Waals surface area (Å²) in [5.41, 5.74) is 7.54. The lowest BCUT2D eigenvalue weighted by Gasteiger charge is -2.38. The number of rotatable bonds is 2. The van der Waals surface area contributed by atoms with Crippen LogP contribution in [-0.2, 0) is 0 Å². The number of nitrogens with two attached hydrogens (primary N) is 1. The molecule has 1 aliphatic carbocycles. The topological polar surface area (TPSA) is 46.3 Å². The second kappa shape index (κ2) is 5.76. The minimum absolute atomic E-state index is 0.0638. The molecule has 0 aromatic heterocycles. The summed E-state index contributed by atoms with van der Waals surface area (Å²) in [6.45, 7) is 4.61. The van der Waals surface area contributed by atoms with Crippen LogP contribution < -0.4 is 5.73 Å². The van der Waals surface area contributed by atoms with Crippen LogP contribution in [0.5, 0.6) is 0 Å². The quantitative estimate of drug-likeness (QED) is 0.826. The summed E-state index contributed by atoms with van der Waals surface area (Å²) in [5.74, 6) is 0.0638. The molecule has 0 saturated heterocycles. The largest absolute Gasteiger partial charge is 0.398 e. The van der Waals surface area contributed by atoms with Gasteiger partial charge in [0.2, 0.25) is 0 Å². The zero-order valence-electron chi connectivity index (χ0n) is 12.4. The predicted molar refractivity (Wildman–Crippen MR) is 86.7 cm³/mol. The molecule has 0 spiro atoms. The average molecular weight is 339 g/mol.